The summed E-state index contributed by atoms with van der Waals surface area (Å²) in [4.78, 5) is 40.1. The first-order valence-corrected chi connectivity index (χ1v) is 8.81. The number of rotatable bonds is 11. The lowest BCUT2D eigenvalue weighted by molar-refractivity contribution is -0.145. The number of amides is 1. The number of hydrogen-bond acceptors (Lipinski definition) is 8. The molecule has 0 saturated carbocycles. The Labute approximate surface area is 168 Å². The van der Waals surface area contributed by atoms with E-state index >= 15 is 0 Å². The number of esters is 2. The van der Waals surface area contributed by atoms with Gasteiger partial charge in [-0.05, 0) is 25.1 Å². The van der Waals surface area contributed by atoms with Crippen LogP contribution >= 0.6 is 0 Å². The van der Waals surface area contributed by atoms with Crippen LogP contribution in [0, 0.1) is 0 Å². The van der Waals surface area contributed by atoms with Crippen molar-refractivity contribution in [2.24, 2.45) is 5.16 Å². The molecule has 0 aliphatic carbocycles. The van der Waals surface area contributed by atoms with Crippen LogP contribution in [0.5, 0.6) is 5.75 Å². The molecular weight excluding hydrogens is 380 g/mol. The van der Waals surface area contributed by atoms with Crippen molar-refractivity contribution in [2.45, 2.75) is 25.9 Å². The Morgan fingerprint density at radius 1 is 1.28 bits per heavy atom. The molecule has 0 heterocycles. The number of aromatic hydroxyl groups is 1. The summed E-state index contributed by atoms with van der Waals surface area (Å²) in [6, 6.07) is 5.92. The number of phenols is 1. The van der Waals surface area contributed by atoms with Crippen LogP contribution < -0.4 is 5.32 Å². The van der Waals surface area contributed by atoms with Gasteiger partial charge in [0.15, 0.2) is 0 Å². The highest BCUT2D eigenvalue weighted by atomic mass is 16.6. The van der Waals surface area contributed by atoms with Crippen molar-refractivity contribution in [3.63, 3.8) is 0 Å². The molecule has 0 fully saturated rings. The fraction of sp³-hybridized carbons (Fsp3) is 0.300. The SMILES string of the molecule is CCOC(=O)C[C@H](C/C=C\NC(=O)/C=C/C=N/OC)OC(=O)c1ccccc1O. The quantitative estimate of drug-likeness (QED) is 0.250. The minimum absolute atomic E-state index is 0.0125. The lowest BCUT2D eigenvalue weighted by atomic mass is 10.1. The van der Waals surface area contributed by atoms with Crippen LogP contribution in [0.25, 0.3) is 0 Å². The highest BCUT2D eigenvalue weighted by molar-refractivity contribution is 5.93. The van der Waals surface area contributed by atoms with E-state index in [0.29, 0.717) is 0 Å². The van der Waals surface area contributed by atoms with Crippen molar-refractivity contribution in [1.82, 2.24) is 5.32 Å². The predicted molar refractivity (Wildman–Crippen MR) is 105 cm³/mol. The Hall–Kier alpha value is -3.62. The normalized spacial score (nSPS) is 12.2. The van der Waals surface area contributed by atoms with Crippen molar-refractivity contribution >= 4 is 24.1 Å². The van der Waals surface area contributed by atoms with Crippen LogP contribution in [-0.2, 0) is 23.9 Å². The lowest BCUT2D eigenvalue weighted by Gasteiger charge is -2.16. The van der Waals surface area contributed by atoms with Gasteiger partial charge in [-0.25, -0.2) is 4.79 Å². The molecule has 1 aromatic rings. The van der Waals surface area contributed by atoms with Crippen LogP contribution in [0.3, 0.4) is 0 Å². The largest absolute Gasteiger partial charge is 0.507 e. The number of phenolic OH excluding ortho intramolecular Hbond substituents is 1. The molecule has 9 nitrogen and oxygen atoms in total. The van der Waals surface area contributed by atoms with Gasteiger partial charge < -0.3 is 24.7 Å². The summed E-state index contributed by atoms with van der Waals surface area (Å²) >= 11 is 0. The third-order valence-electron chi connectivity index (χ3n) is 3.34. The highest BCUT2D eigenvalue weighted by Crippen LogP contribution is 2.19. The summed E-state index contributed by atoms with van der Waals surface area (Å²) in [5.41, 5.74) is -0.0125. The number of para-hydroxylation sites is 1. The molecule has 156 valence electrons. The van der Waals surface area contributed by atoms with E-state index < -0.39 is 23.9 Å². The maximum absolute atomic E-state index is 12.3. The average Bonchev–Trinajstić information content (AvgIpc) is 2.69. The zero-order valence-corrected chi connectivity index (χ0v) is 16.2. The van der Waals surface area contributed by atoms with Crippen molar-refractivity contribution in [3.8, 4) is 5.75 Å². The number of carbonyl (C=O) groups is 3. The van der Waals surface area contributed by atoms with Crippen LogP contribution in [-0.4, -0.2) is 49.0 Å². The lowest BCUT2D eigenvalue weighted by Crippen LogP contribution is -2.23. The minimum atomic E-state index is -0.835. The molecule has 1 rings (SSSR count). The van der Waals surface area contributed by atoms with Gasteiger partial charge in [0, 0.05) is 18.7 Å². The summed E-state index contributed by atoms with van der Waals surface area (Å²) in [5.74, 6) is -1.92. The van der Waals surface area contributed by atoms with E-state index in [4.69, 9.17) is 9.47 Å². The number of ether oxygens (including phenoxy) is 2. The monoisotopic (exact) mass is 404 g/mol. The molecule has 0 saturated heterocycles. The molecule has 29 heavy (non-hydrogen) atoms. The first-order chi connectivity index (χ1) is 14.0. The van der Waals surface area contributed by atoms with Crippen molar-refractivity contribution in [1.29, 1.82) is 0 Å². The molecule has 0 bridgehead atoms. The van der Waals surface area contributed by atoms with E-state index in [1.807, 2.05) is 0 Å². The number of benzene rings is 1. The van der Waals surface area contributed by atoms with Crippen molar-refractivity contribution in [2.75, 3.05) is 13.7 Å². The number of carbonyl (C=O) groups excluding carboxylic acids is 3. The highest BCUT2D eigenvalue weighted by Gasteiger charge is 2.21. The van der Waals surface area contributed by atoms with Crippen LogP contribution in [0.1, 0.15) is 30.1 Å². The molecule has 0 aliphatic rings. The van der Waals surface area contributed by atoms with Gasteiger partial charge in [0.1, 0.15) is 24.5 Å². The second-order valence-electron chi connectivity index (χ2n) is 5.50. The first-order valence-electron chi connectivity index (χ1n) is 8.81. The Balaban J connectivity index is 2.67. The Bertz CT molecular complexity index is 772. The fourth-order valence-electron chi connectivity index (χ4n) is 2.08. The molecule has 1 atom stereocenters. The molecule has 0 unspecified atom stereocenters. The molecule has 9 heteroatoms. The first kappa shape index (κ1) is 23.4. The third kappa shape index (κ3) is 9.76. The van der Waals surface area contributed by atoms with E-state index in [2.05, 4.69) is 15.3 Å². The van der Waals surface area contributed by atoms with Gasteiger partial charge in [0.25, 0.3) is 0 Å². The molecule has 1 aromatic carbocycles. The molecule has 0 aromatic heterocycles. The van der Waals surface area contributed by atoms with E-state index in [0.717, 1.165) is 0 Å². The van der Waals surface area contributed by atoms with E-state index in [9.17, 15) is 19.5 Å². The van der Waals surface area contributed by atoms with Gasteiger partial charge in [0.05, 0.1) is 19.2 Å². The topological polar surface area (TPSA) is 124 Å². The van der Waals surface area contributed by atoms with Gasteiger partial charge >= 0.3 is 11.9 Å². The summed E-state index contributed by atoms with van der Waals surface area (Å²) < 4.78 is 10.2. The van der Waals surface area contributed by atoms with E-state index in [1.54, 1.807) is 19.1 Å². The predicted octanol–water partition coefficient (Wildman–Crippen LogP) is 2.08. The average molecular weight is 404 g/mol. The zero-order valence-electron chi connectivity index (χ0n) is 16.2. The van der Waals surface area contributed by atoms with E-state index in [-0.39, 0.29) is 30.8 Å². The van der Waals surface area contributed by atoms with Crippen molar-refractivity contribution < 1.29 is 33.8 Å². The van der Waals surface area contributed by atoms with Crippen LogP contribution in [0.15, 0.2) is 53.8 Å². The standard InChI is InChI=1S/C20H24N2O7/c1-3-28-19(25)14-15(29-20(26)16-9-4-5-10-17(16)23)8-6-12-21-18(24)11-7-13-22-27-2/h4-7,9-13,15,23H,3,8,14H2,1-2H3,(H,21,24)/b11-7+,12-6-,22-13+/t15-/m0/s1. The number of hydrogen-bond donors (Lipinski definition) is 2. The Morgan fingerprint density at radius 2 is 2.03 bits per heavy atom. The van der Waals surface area contributed by atoms with Gasteiger partial charge in [-0.2, -0.15) is 0 Å². The minimum Gasteiger partial charge on any atom is -0.507 e. The molecule has 1 amide bonds. The zero-order chi connectivity index (χ0) is 21.5. The van der Waals surface area contributed by atoms with Crippen molar-refractivity contribution in [3.05, 3.63) is 54.3 Å². The summed E-state index contributed by atoms with van der Waals surface area (Å²) in [7, 11) is 1.38. The molecule has 2 N–H and O–H groups in total. The van der Waals surface area contributed by atoms with Gasteiger partial charge in [0.2, 0.25) is 5.91 Å². The molecule has 0 aliphatic heterocycles. The van der Waals surface area contributed by atoms with Gasteiger partial charge in [-0.3, -0.25) is 9.59 Å². The van der Waals surface area contributed by atoms with Gasteiger partial charge in [-0.15, -0.1) is 0 Å². The fourth-order valence-corrected chi connectivity index (χ4v) is 2.08. The molecular formula is C20H24N2O7. The van der Waals surface area contributed by atoms with Crippen LogP contribution in [0.2, 0.25) is 0 Å². The Morgan fingerprint density at radius 3 is 2.72 bits per heavy atom. The van der Waals surface area contributed by atoms with Gasteiger partial charge in [-0.1, -0.05) is 23.4 Å². The smallest absolute Gasteiger partial charge is 0.342 e. The van der Waals surface area contributed by atoms with Crippen LogP contribution in [0.4, 0.5) is 0 Å². The number of oxime groups is 1. The maximum Gasteiger partial charge on any atom is 0.342 e. The third-order valence-corrected chi connectivity index (χ3v) is 3.34. The summed E-state index contributed by atoms with van der Waals surface area (Å²) in [5, 5.41) is 15.7. The number of allylic oxidation sites excluding steroid dienone is 1. The Kier molecular flexibility index (Phi) is 10.9. The summed E-state index contributed by atoms with van der Waals surface area (Å²) in [6.07, 6.45) is 5.98. The second-order valence-corrected chi connectivity index (χ2v) is 5.50. The maximum atomic E-state index is 12.3. The number of nitrogens with one attached hydrogen (secondary N) is 1. The number of nitrogens with zero attached hydrogens (tertiary/aromatic N) is 1. The molecule has 0 radical (unpaired) electrons. The molecule has 0 spiro atoms. The van der Waals surface area contributed by atoms with E-state index in [1.165, 1.54) is 49.9 Å². The second kappa shape index (κ2) is 13.5. The summed E-state index contributed by atoms with van der Waals surface area (Å²) in [6.45, 7) is 1.87.